The van der Waals surface area contributed by atoms with E-state index in [9.17, 15) is 24.6 Å². The van der Waals surface area contributed by atoms with Crippen LogP contribution in [0.3, 0.4) is 0 Å². The Hall–Kier alpha value is -1.31. The topological polar surface area (TPSA) is 110 Å². The molecule has 7 heteroatoms. The summed E-state index contributed by atoms with van der Waals surface area (Å²) >= 11 is 0. The van der Waals surface area contributed by atoms with E-state index in [0.29, 0.717) is 25.7 Å². The van der Waals surface area contributed by atoms with E-state index in [0.717, 1.165) is 64.2 Å². The number of rotatable bonds is 26. The summed E-state index contributed by atoms with van der Waals surface area (Å²) in [5.41, 5.74) is 0. The van der Waals surface area contributed by atoms with E-state index in [2.05, 4.69) is 6.92 Å². The molecule has 7 nitrogen and oxygen atoms in total. The smallest absolute Gasteiger partial charge is 0.309 e. The number of hydrogen-bond donors (Lipinski definition) is 2. The van der Waals surface area contributed by atoms with Gasteiger partial charge in [-0.25, -0.2) is 0 Å². The number of esters is 1. The van der Waals surface area contributed by atoms with E-state index < -0.39 is 12.2 Å². The second-order valence-electron chi connectivity index (χ2n) is 13.2. The molecule has 42 heavy (non-hydrogen) atoms. The molecule has 0 radical (unpaired) electrons. The van der Waals surface area contributed by atoms with Gasteiger partial charge in [0.05, 0.1) is 30.3 Å². The van der Waals surface area contributed by atoms with Gasteiger partial charge in [0.15, 0.2) is 0 Å². The van der Waals surface area contributed by atoms with Crippen LogP contribution in [0.2, 0.25) is 0 Å². The molecule has 0 aromatic rings. The van der Waals surface area contributed by atoms with Gasteiger partial charge in [0, 0.05) is 19.3 Å². The summed E-state index contributed by atoms with van der Waals surface area (Å²) in [6.45, 7) is 3.74. The van der Waals surface area contributed by atoms with E-state index in [4.69, 9.17) is 9.47 Å². The van der Waals surface area contributed by atoms with Crippen LogP contribution >= 0.6 is 0 Å². The molecule has 0 amide bonds. The Kier molecular flexibility index (Phi) is 19.5. The Balaban J connectivity index is 1.41. The molecular formula is C35H62O7. The Morgan fingerprint density at radius 1 is 0.762 bits per heavy atom. The fourth-order valence-corrected chi connectivity index (χ4v) is 6.53. The van der Waals surface area contributed by atoms with Crippen molar-refractivity contribution in [2.24, 2.45) is 5.92 Å². The lowest BCUT2D eigenvalue weighted by molar-refractivity contribution is -0.145. The van der Waals surface area contributed by atoms with E-state index >= 15 is 0 Å². The molecule has 0 aromatic heterocycles. The zero-order chi connectivity index (χ0) is 30.6. The van der Waals surface area contributed by atoms with Crippen molar-refractivity contribution < 1.29 is 34.1 Å². The van der Waals surface area contributed by atoms with Crippen LogP contribution in [0.25, 0.3) is 0 Å². The molecule has 244 valence electrons. The molecule has 2 aliphatic rings. The number of carbonyl (C=O) groups is 3. The molecule has 2 N–H and O–H groups in total. The van der Waals surface area contributed by atoms with E-state index in [1.165, 1.54) is 64.7 Å². The molecule has 2 rings (SSSR count). The minimum absolute atomic E-state index is 0.00597. The lowest BCUT2D eigenvalue weighted by Crippen LogP contribution is -2.31. The first-order valence-electron chi connectivity index (χ1n) is 17.5. The first-order valence-corrected chi connectivity index (χ1v) is 17.5. The first-order chi connectivity index (χ1) is 20.3. The average Bonchev–Trinajstić information content (AvgIpc) is 3.59. The van der Waals surface area contributed by atoms with Gasteiger partial charge in [-0.1, -0.05) is 96.8 Å². The quantitative estimate of drug-likeness (QED) is 0.0785. The minimum Gasteiger partial charge on any atom is -0.462 e. The van der Waals surface area contributed by atoms with Crippen molar-refractivity contribution >= 4 is 17.5 Å². The van der Waals surface area contributed by atoms with Crippen LogP contribution in [0.15, 0.2) is 0 Å². The summed E-state index contributed by atoms with van der Waals surface area (Å²) in [5, 5.41) is 21.2. The molecule has 2 fully saturated rings. The molecule has 2 saturated heterocycles. The summed E-state index contributed by atoms with van der Waals surface area (Å²) < 4.78 is 11.4. The molecule has 0 aliphatic carbocycles. The Bertz CT molecular complexity index is 754. The maximum absolute atomic E-state index is 12.2. The van der Waals surface area contributed by atoms with E-state index in [1.54, 1.807) is 0 Å². The number of Topliss-reactive ketones (excluding diaryl/α,β-unsaturated/α-hetero) is 2. The Labute approximate surface area is 255 Å². The molecule has 0 saturated carbocycles. The van der Waals surface area contributed by atoms with Crippen molar-refractivity contribution in [1.29, 1.82) is 0 Å². The lowest BCUT2D eigenvalue weighted by atomic mass is 9.96. The SMILES string of the molecule is CCCCCCCCCCCC[C@@H](O)[C@H]1CC[C@H]([C@H](O)CCCCCCCC(=O)CC[C@H]2C[C@@H](CC(C)=O)C(=O)O2)O1. The number of ketones is 2. The van der Waals surface area contributed by atoms with Crippen molar-refractivity contribution in [3.8, 4) is 0 Å². The van der Waals surface area contributed by atoms with Gasteiger partial charge in [0.1, 0.15) is 17.7 Å². The monoisotopic (exact) mass is 594 g/mol. The number of aliphatic hydroxyl groups excluding tert-OH is 2. The minimum atomic E-state index is -0.471. The number of carbonyl (C=O) groups excluding carboxylic acids is 3. The van der Waals surface area contributed by atoms with Gasteiger partial charge in [-0.05, 0) is 51.9 Å². The zero-order valence-electron chi connectivity index (χ0n) is 26.9. The van der Waals surface area contributed by atoms with Crippen LogP contribution in [-0.4, -0.2) is 58.3 Å². The zero-order valence-corrected chi connectivity index (χ0v) is 26.9. The van der Waals surface area contributed by atoms with Gasteiger partial charge in [-0.15, -0.1) is 0 Å². The van der Waals surface area contributed by atoms with Crippen molar-refractivity contribution in [2.75, 3.05) is 0 Å². The summed E-state index contributed by atoms with van der Waals surface area (Å²) in [5.74, 6) is -0.439. The maximum Gasteiger partial charge on any atom is 0.309 e. The molecular weight excluding hydrogens is 532 g/mol. The summed E-state index contributed by atoms with van der Waals surface area (Å²) in [4.78, 5) is 35.3. The number of hydrogen-bond acceptors (Lipinski definition) is 7. The van der Waals surface area contributed by atoms with Crippen LogP contribution in [0.1, 0.15) is 168 Å². The highest BCUT2D eigenvalue weighted by Crippen LogP contribution is 2.29. The second-order valence-corrected chi connectivity index (χ2v) is 13.2. The predicted molar refractivity (Wildman–Crippen MR) is 166 cm³/mol. The highest BCUT2D eigenvalue weighted by Gasteiger charge is 2.35. The summed E-state index contributed by atoms with van der Waals surface area (Å²) in [7, 11) is 0. The van der Waals surface area contributed by atoms with Crippen LogP contribution in [0.4, 0.5) is 0 Å². The third-order valence-corrected chi connectivity index (χ3v) is 9.20. The van der Waals surface area contributed by atoms with Gasteiger partial charge in [0.2, 0.25) is 0 Å². The van der Waals surface area contributed by atoms with Crippen LogP contribution < -0.4 is 0 Å². The molecule has 6 atom stereocenters. The van der Waals surface area contributed by atoms with Crippen molar-refractivity contribution in [3.63, 3.8) is 0 Å². The Morgan fingerprint density at radius 2 is 1.26 bits per heavy atom. The number of ether oxygens (including phenoxy) is 2. The van der Waals surface area contributed by atoms with Gasteiger partial charge in [-0.3, -0.25) is 9.59 Å². The summed E-state index contributed by atoms with van der Waals surface area (Å²) in [6, 6.07) is 0. The van der Waals surface area contributed by atoms with Crippen LogP contribution in [0, 0.1) is 5.92 Å². The molecule has 0 spiro atoms. The molecule has 2 aliphatic heterocycles. The number of unbranched alkanes of at least 4 members (excludes halogenated alkanes) is 13. The fraction of sp³-hybridized carbons (Fsp3) is 0.914. The lowest BCUT2D eigenvalue weighted by Gasteiger charge is -2.22. The second kappa shape index (κ2) is 22.2. The van der Waals surface area contributed by atoms with Crippen LogP contribution in [-0.2, 0) is 23.9 Å². The molecule has 0 bridgehead atoms. The third-order valence-electron chi connectivity index (χ3n) is 9.20. The normalized spacial score (nSPS) is 23.7. The first kappa shape index (κ1) is 36.9. The van der Waals surface area contributed by atoms with Gasteiger partial charge in [-0.2, -0.15) is 0 Å². The third kappa shape index (κ3) is 16.0. The molecule has 2 heterocycles. The number of aliphatic hydroxyl groups is 2. The van der Waals surface area contributed by atoms with E-state index in [-0.39, 0.29) is 48.2 Å². The van der Waals surface area contributed by atoms with Gasteiger partial charge in [0.25, 0.3) is 0 Å². The average molecular weight is 595 g/mol. The fourth-order valence-electron chi connectivity index (χ4n) is 6.53. The van der Waals surface area contributed by atoms with Gasteiger partial charge >= 0.3 is 5.97 Å². The van der Waals surface area contributed by atoms with Gasteiger partial charge < -0.3 is 24.5 Å². The highest BCUT2D eigenvalue weighted by atomic mass is 16.6. The summed E-state index contributed by atoms with van der Waals surface area (Å²) in [6.07, 6.45) is 21.8. The van der Waals surface area contributed by atoms with Crippen LogP contribution in [0.5, 0.6) is 0 Å². The maximum atomic E-state index is 12.2. The largest absolute Gasteiger partial charge is 0.462 e. The molecule has 0 aromatic carbocycles. The highest BCUT2D eigenvalue weighted by molar-refractivity contribution is 5.84. The van der Waals surface area contributed by atoms with Crippen molar-refractivity contribution in [1.82, 2.24) is 0 Å². The number of cyclic esters (lactones) is 1. The Morgan fingerprint density at radius 3 is 1.79 bits per heavy atom. The predicted octanol–water partition coefficient (Wildman–Crippen LogP) is 7.56. The standard InChI is InChI=1S/C35H62O7/c1-3-4-5-6-7-8-9-10-13-16-19-31(38)33-23-24-34(42-33)32(39)20-17-14-11-12-15-18-29(37)21-22-30-26-28(25-27(2)36)35(40)41-30/h28,30-34,38-39H,3-26H2,1-2H3/t28-,30+,31-,32-,33-,34-/m1/s1. The molecule has 0 unspecified atom stereocenters. The van der Waals surface area contributed by atoms with Crippen molar-refractivity contribution in [2.45, 2.75) is 198 Å². The van der Waals surface area contributed by atoms with Crippen molar-refractivity contribution in [3.05, 3.63) is 0 Å². The van der Waals surface area contributed by atoms with E-state index in [1.807, 2.05) is 0 Å².